The first kappa shape index (κ1) is 29.3. The number of rotatable bonds is 24. The molecule has 0 aliphatic rings. The molecule has 0 radical (unpaired) electrons. The summed E-state index contributed by atoms with van der Waals surface area (Å²) in [5.41, 5.74) is 0. The second-order valence-electron chi connectivity index (χ2n) is 7.47. The number of carbonyl (C=O) groups is 1. The highest BCUT2D eigenvalue weighted by Crippen LogP contribution is 2.10. The molecular formula is C23H46O7. The minimum Gasteiger partial charge on any atom is -0.461 e. The Kier molecular flexibility index (Phi) is 23.9. The van der Waals surface area contributed by atoms with Crippen molar-refractivity contribution in [3.8, 4) is 0 Å². The van der Waals surface area contributed by atoms with E-state index in [1.165, 1.54) is 64.7 Å². The number of aliphatic hydroxyl groups is 1. The number of esters is 1. The van der Waals surface area contributed by atoms with Gasteiger partial charge in [-0.1, -0.05) is 64.7 Å². The maximum absolute atomic E-state index is 11.0. The molecule has 1 N–H and O–H groups in total. The fraction of sp³-hybridized carbons (Fsp3) is 0.957. The van der Waals surface area contributed by atoms with E-state index in [4.69, 9.17) is 28.8 Å². The lowest BCUT2D eigenvalue weighted by atomic mass is 10.1. The quantitative estimate of drug-likeness (QED) is 0.182. The highest BCUT2D eigenvalue weighted by Gasteiger charge is 2.08. The van der Waals surface area contributed by atoms with Gasteiger partial charge in [-0.2, -0.15) is 0 Å². The third kappa shape index (κ3) is 23.5. The lowest BCUT2D eigenvalue weighted by Gasteiger charge is -2.08. The van der Waals surface area contributed by atoms with Gasteiger partial charge in [-0.15, -0.1) is 0 Å². The van der Waals surface area contributed by atoms with Gasteiger partial charge in [-0.3, -0.25) is 0 Å². The first-order chi connectivity index (χ1) is 14.7. The van der Waals surface area contributed by atoms with Crippen molar-refractivity contribution in [3.63, 3.8) is 0 Å². The summed E-state index contributed by atoms with van der Waals surface area (Å²) < 4.78 is 26.4. The van der Waals surface area contributed by atoms with Gasteiger partial charge < -0.3 is 28.8 Å². The zero-order valence-corrected chi connectivity index (χ0v) is 19.4. The van der Waals surface area contributed by atoms with Crippen LogP contribution >= 0.6 is 0 Å². The van der Waals surface area contributed by atoms with Gasteiger partial charge in [0.1, 0.15) is 12.7 Å². The SMILES string of the molecule is CCCCCCCCCCCCOCCOCCOCCOCCOC(=O)[C@H](C)O. The average molecular weight is 435 g/mol. The molecule has 7 nitrogen and oxygen atoms in total. The van der Waals surface area contributed by atoms with Gasteiger partial charge in [0.05, 0.1) is 46.2 Å². The molecule has 0 amide bonds. The molecule has 0 saturated heterocycles. The van der Waals surface area contributed by atoms with Crippen LogP contribution in [0.5, 0.6) is 0 Å². The third-order valence-corrected chi connectivity index (χ3v) is 4.57. The van der Waals surface area contributed by atoms with Crippen LogP contribution in [0, 0.1) is 0 Å². The summed E-state index contributed by atoms with van der Waals surface area (Å²) in [6.45, 7) is 8.02. The van der Waals surface area contributed by atoms with Crippen molar-refractivity contribution in [2.24, 2.45) is 0 Å². The van der Waals surface area contributed by atoms with Crippen LogP contribution in [0.4, 0.5) is 0 Å². The van der Waals surface area contributed by atoms with Crippen LogP contribution in [0.25, 0.3) is 0 Å². The van der Waals surface area contributed by atoms with E-state index in [0.29, 0.717) is 39.6 Å². The van der Waals surface area contributed by atoms with Crippen molar-refractivity contribution in [2.75, 3.05) is 59.5 Å². The van der Waals surface area contributed by atoms with Gasteiger partial charge in [-0.25, -0.2) is 4.79 Å². The van der Waals surface area contributed by atoms with Crippen LogP contribution < -0.4 is 0 Å². The number of hydrogen-bond acceptors (Lipinski definition) is 7. The molecular weight excluding hydrogens is 388 g/mol. The first-order valence-electron chi connectivity index (χ1n) is 11.8. The third-order valence-electron chi connectivity index (χ3n) is 4.57. The Morgan fingerprint density at radius 2 is 0.967 bits per heavy atom. The molecule has 0 aliphatic carbocycles. The van der Waals surface area contributed by atoms with Crippen molar-refractivity contribution < 1.29 is 33.6 Å². The van der Waals surface area contributed by atoms with Gasteiger partial charge in [0.15, 0.2) is 0 Å². The Hall–Kier alpha value is -0.730. The van der Waals surface area contributed by atoms with Crippen LogP contribution in [0.15, 0.2) is 0 Å². The zero-order chi connectivity index (χ0) is 22.1. The Morgan fingerprint density at radius 3 is 1.40 bits per heavy atom. The van der Waals surface area contributed by atoms with Gasteiger partial charge in [0.2, 0.25) is 0 Å². The van der Waals surface area contributed by atoms with Crippen LogP contribution in [0.3, 0.4) is 0 Å². The standard InChI is InChI=1S/C23H46O7/c1-3-4-5-6-7-8-9-10-11-12-13-26-14-15-27-16-17-28-18-19-29-20-21-30-23(25)22(2)24/h22,24H,3-21H2,1-2H3/t22-/m0/s1. The fourth-order valence-electron chi connectivity index (χ4n) is 2.78. The number of unbranched alkanes of at least 4 members (excludes halogenated alkanes) is 9. The van der Waals surface area contributed by atoms with E-state index in [-0.39, 0.29) is 13.2 Å². The Morgan fingerprint density at radius 1 is 0.600 bits per heavy atom. The summed E-state index contributed by atoms with van der Waals surface area (Å²) in [5.74, 6) is -0.639. The van der Waals surface area contributed by atoms with Crippen molar-refractivity contribution in [1.29, 1.82) is 0 Å². The van der Waals surface area contributed by atoms with Gasteiger partial charge in [-0.05, 0) is 13.3 Å². The molecule has 0 unspecified atom stereocenters. The molecule has 0 aromatic heterocycles. The van der Waals surface area contributed by atoms with Gasteiger partial charge >= 0.3 is 5.97 Å². The van der Waals surface area contributed by atoms with Crippen LogP contribution in [0.1, 0.15) is 78.1 Å². The Labute approximate surface area is 183 Å². The van der Waals surface area contributed by atoms with Gasteiger partial charge in [0, 0.05) is 6.61 Å². The van der Waals surface area contributed by atoms with Gasteiger partial charge in [0.25, 0.3) is 0 Å². The van der Waals surface area contributed by atoms with Crippen LogP contribution in [-0.4, -0.2) is 76.6 Å². The van der Waals surface area contributed by atoms with E-state index in [1.807, 2.05) is 0 Å². The second kappa shape index (κ2) is 24.5. The molecule has 180 valence electrons. The molecule has 0 fully saturated rings. The molecule has 7 heteroatoms. The molecule has 0 rings (SSSR count). The topological polar surface area (TPSA) is 83.5 Å². The predicted octanol–water partition coefficient (Wildman–Crippen LogP) is 3.90. The molecule has 30 heavy (non-hydrogen) atoms. The largest absolute Gasteiger partial charge is 0.461 e. The second-order valence-corrected chi connectivity index (χ2v) is 7.47. The fourth-order valence-corrected chi connectivity index (χ4v) is 2.78. The number of ether oxygens (including phenoxy) is 5. The van der Waals surface area contributed by atoms with Crippen molar-refractivity contribution in [1.82, 2.24) is 0 Å². The molecule has 0 heterocycles. The molecule has 0 aromatic rings. The minimum atomic E-state index is -1.10. The van der Waals surface area contributed by atoms with E-state index < -0.39 is 12.1 Å². The molecule has 0 bridgehead atoms. The van der Waals surface area contributed by atoms with Crippen LogP contribution in [-0.2, 0) is 28.5 Å². The Balaban J connectivity index is 3.04. The maximum atomic E-state index is 11.0. The summed E-state index contributed by atoms with van der Waals surface area (Å²) in [7, 11) is 0. The van der Waals surface area contributed by atoms with E-state index >= 15 is 0 Å². The highest BCUT2D eigenvalue weighted by atomic mass is 16.6. The van der Waals surface area contributed by atoms with Crippen molar-refractivity contribution >= 4 is 5.97 Å². The van der Waals surface area contributed by atoms with Crippen molar-refractivity contribution in [3.05, 3.63) is 0 Å². The molecule has 0 aromatic carbocycles. The zero-order valence-electron chi connectivity index (χ0n) is 19.4. The normalized spacial score (nSPS) is 12.2. The molecule has 0 saturated carbocycles. The van der Waals surface area contributed by atoms with E-state index in [2.05, 4.69) is 6.92 Å². The summed E-state index contributed by atoms with van der Waals surface area (Å²) in [4.78, 5) is 11.0. The number of carbonyl (C=O) groups excluding carboxylic acids is 1. The number of hydrogen-bond donors (Lipinski definition) is 1. The lowest BCUT2D eigenvalue weighted by molar-refractivity contribution is -0.154. The molecule has 0 aliphatic heterocycles. The Bertz CT molecular complexity index is 350. The van der Waals surface area contributed by atoms with E-state index in [1.54, 1.807) is 0 Å². The lowest BCUT2D eigenvalue weighted by Crippen LogP contribution is -2.21. The average Bonchev–Trinajstić information content (AvgIpc) is 2.74. The highest BCUT2D eigenvalue weighted by molar-refractivity contribution is 5.73. The molecule has 0 spiro atoms. The molecule has 1 atom stereocenters. The monoisotopic (exact) mass is 434 g/mol. The smallest absolute Gasteiger partial charge is 0.334 e. The summed E-state index contributed by atoms with van der Waals surface area (Å²) >= 11 is 0. The predicted molar refractivity (Wildman–Crippen MR) is 118 cm³/mol. The van der Waals surface area contributed by atoms with E-state index in [9.17, 15) is 4.79 Å². The first-order valence-corrected chi connectivity index (χ1v) is 11.8. The van der Waals surface area contributed by atoms with E-state index in [0.717, 1.165) is 13.0 Å². The summed E-state index contributed by atoms with van der Waals surface area (Å²) in [6.07, 6.45) is 12.3. The summed E-state index contributed by atoms with van der Waals surface area (Å²) in [5, 5.41) is 8.94. The van der Waals surface area contributed by atoms with Crippen LogP contribution in [0.2, 0.25) is 0 Å². The number of aliphatic hydroxyl groups excluding tert-OH is 1. The minimum absolute atomic E-state index is 0.131. The summed E-state index contributed by atoms with van der Waals surface area (Å²) in [6, 6.07) is 0. The van der Waals surface area contributed by atoms with Crippen molar-refractivity contribution in [2.45, 2.75) is 84.2 Å². The maximum Gasteiger partial charge on any atom is 0.334 e.